The Balaban J connectivity index is 1.59. The molecule has 1 saturated heterocycles. The van der Waals surface area contributed by atoms with Crippen molar-refractivity contribution in [3.05, 3.63) is 42.1 Å². The summed E-state index contributed by atoms with van der Waals surface area (Å²) in [5, 5.41) is 3.88. The number of pyridine rings is 1. The molecule has 1 saturated carbocycles. The average Bonchev–Trinajstić information content (AvgIpc) is 3.17. The molecule has 1 aliphatic carbocycles. The Kier molecular flexibility index (Phi) is 4.68. The number of hydrogen-bond donors (Lipinski definition) is 0. The van der Waals surface area contributed by atoms with E-state index < -0.39 is 11.4 Å². The summed E-state index contributed by atoms with van der Waals surface area (Å²) in [6.07, 6.45) is 5.26. The van der Waals surface area contributed by atoms with Gasteiger partial charge in [-0.3, -0.25) is 14.4 Å². The summed E-state index contributed by atoms with van der Waals surface area (Å²) >= 11 is 0. The number of halogens is 1. The van der Waals surface area contributed by atoms with Crippen molar-refractivity contribution in [1.29, 1.82) is 0 Å². The van der Waals surface area contributed by atoms with Crippen molar-refractivity contribution in [1.82, 2.24) is 24.6 Å². The Labute approximate surface area is 167 Å². The van der Waals surface area contributed by atoms with Gasteiger partial charge in [0.2, 0.25) is 11.8 Å². The van der Waals surface area contributed by atoms with Crippen LogP contribution < -0.4 is 0 Å². The van der Waals surface area contributed by atoms with Crippen LogP contribution in [-0.2, 0) is 14.4 Å². The van der Waals surface area contributed by atoms with Crippen molar-refractivity contribution in [2.75, 3.05) is 13.6 Å². The third-order valence-corrected chi connectivity index (χ3v) is 6.12. The molecule has 4 rings (SSSR count). The molecule has 1 spiro atoms. The minimum atomic E-state index is -0.947. The first-order chi connectivity index (χ1) is 13.8. The highest BCUT2D eigenvalue weighted by atomic mass is 19.1. The van der Waals surface area contributed by atoms with Crippen LogP contribution in [0.1, 0.15) is 44.2 Å². The average molecular weight is 399 g/mol. The van der Waals surface area contributed by atoms with Gasteiger partial charge in [-0.05, 0) is 31.4 Å². The number of piperazine rings is 1. The number of rotatable bonds is 3. The SMILES string of the molecule is C[C@@H](c1ccc(-n2cc(F)cn2)nc1)N1CC(=O)N(C)C2(CCC(=O)CC2)C1=O. The van der Waals surface area contributed by atoms with Gasteiger partial charge >= 0.3 is 0 Å². The zero-order valence-electron chi connectivity index (χ0n) is 16.3. The van der Waals surface area contributed by atoms with Crippen LogP contribution >= 0.6 is 0 Å². The van der Waals surface area contributed by atoms with E-state index in [1.54, 1.807) is 30.3 Å². The molecule has 2 fully saturated rings. The van der Waals surface area contributed by atoms with E-state index in [4.69, 9.17) is 0 Å². The first kappa shape index (κ1) is 19.2. The van der Waals surface area contributed by atoms with Crippen LogP contribution in [0.15, 0.2) is 30.7 Å². The molecule has 1 aliphatic heterocycles. The zero-order valence-corrected chi connectivity index (χ0v) is 16.3. The Morgan fingerprint density at radius 1 is 1.14 bits per heavy atom. The highest BCUT2D eigenvalue weighted by Gasteiger charge is 2.53. The van der Waals surface area contributed by atoms with E-state index in [9.17, 15) is 18.8 Å². The van der Waals surface area contributed by atoms with Gasteiger partial charge < -0.3 is 9.80 Å². The van der Waals surface area contributed by atoms with E-state index in [0.29, 0.717) is 31.5 Å². The van der Waals surface area contributed by atoms with E-state index in [-0.39, 0.29) is 30.2 Å². The monoisotopic (exact) mass is 399 g/mol. The molecule has 2 aromatic heterocycles. The fourth-order valence-electron chi connectivity index (χ4n) is 4.16. The van der Waals surface area contributed by atoms with Gasteiger partial charge in [0.05, 0.1) is 18.4 Å². The normalized spacial score (nSPS) is 20.4. The summed E-state index contributed by atoms with van der Waals surface area (Å²) in [6, 6.07) is 3.11. The Hall–Kier alpha value is -3.10. The van der Waals surface area contributed by atoms with E-state index in [0.717, 1.165) is 11.8 Å². The Bertz CT molecular complexity index is 961. The number of hydrogen-bond acceptors (Lipinski definition) is 5. The third kappa shape index (κ3) is 3.20. The molecule has 9 heteroatoms. The number of likely N-dealkylation sites (N-methyl/N-ethyl adjacent to an activating group) is 1. The summed E-state index contributed by atoms with van der Waals surface area (Å²) in [5.41, 5.74) is -0.189. The quantitative estimate of drug-likeness (QED) is 0.783. The minimum Gasteiger partial charge on any atom is -0.329 e. The molecule has 1 atom stereocenters. The summed E-state index contributed by atoms with van der Waals surface area (Å²) in [4.78, 5) is 45.2. The van der Waals surface area contributed by atoms with E-state index in [1.807, 2.05) is 6.92 Å². The van der Waals surface area contributed by atoms with Gasteiger partial charge in [0.1, 0.15) is 17.9 Å². The molecule has 0 unspecified atom stereocenters. The molecule has 0 bridgehead atoms. The van der Waals surface area contributed by atoms with Gasteiger partial charge in [-0.1, -0.05) is 6.07 Å². The van der Waals surface area contributed by atoms with Gasteiger partial charge in [0, 0.05) is 26.1 Å². The van der Waals surface area contributed by atoms with Crippen molar-refractivity contribution in [3.63, 3.8) is 0 Å². The second kappa shape index (κ2) is 7.06. The molecule has 152 valence electrons. The van der Waals surface area contributed by atoms with Crippen molar-refractivity contribution in [3.8, 4) is 5.82 Å². The lowest BCUT2D eigenvalue weighted by Gasteiger charge is -2.50. The van der Waals surface area contributed by atoms with E-state index in [2.05, 4.69) is 10.1 Å². The van der Waals surface area contributed by atoms with Crippen molar-refractivity contribution in [2.24, 2.45) is 0 Å². The largest absolute Gasteiger partial charge is 0.329 e. The fourth-order valence-corrected chi connectivity index (χ4v) is 4.16. The molecule has 2 amide bonds. The Morgan fingerprint density at radius 2 is 1.86 bits per heavy atom. The molecule has 0 radical (unpaired) electrons. The maximum absolute atomic E-state index is 13.4. The van der Waals surface area contributed by atoms with Gasteiger partial charge in [-0.15, -0.1) is 0 Å². The number of carbonyl (C=O) groups excluding carboxylic acids is 3. The molecule has 0 N–H and O–H groups in total. The highest BCUT2D eigenvalue weighted by molar-refractivity contribution is 5.99. The lowest BCUT2D eigenvalue weighted by Crippen LogP contribution is -2.68. The lowest BCUT2D eigenvalue weighted by atomic mass is 9.77. The predicted octanol–water partition coefficient (Wildman–Crippen LogP) is 1.65. The third-order valence-electron chi connectivity index (χ3n) is 6.12. The molecular formula is C20H22FN5O3. The highest BCUT2D eigenvalue weighted by Crippen LogP contribution is 2.38. The van der Waals surface area contributed by atoms with E-state index >= 15 is 0 Å². The zero-order chi connectivity index (χ0) is 20.8. The van der Waals surface area contributed by atoms with Gasteiger partial charge in [0.15, 0.2) is 11.6 Å². The van der Waals surface area contributed by atoms with Crippen LogP contribution in [0.3, 0.4) is 0 Å². The second-order valence-corrected chi connectivity index (χ2v) is 7.68. The fraction of sp³-hybridized carbons (Fsp3) is 0.450. The molecule has 29 heavy (non-hydrogen) atoms. The number of aromatic nitrogens is 3. The van der Waals surface area contributed by atoms with Gasteiger partial charge in [0.25, 0.3) is 0 Å². The molecule has 3 heterocycles. The first-order valence-electron chi connectivity index (χ1n) is 9.58. The maximum atomic E-state index is 13.4. The first-order valence-corrected chi connectivity index (χ1v) is 9.58. The Morgan fingerprint density at radius 3 is 2.45 bits per heavy atom. The molecule has 2 aliphatic rings. The minimum absolute atomic E-state index is 0.0156. The summed E-state index contributed by atoms with van der Waals surface area (Å²) in [5.74, 6) is -0.139. The van der Waals surface area contributed by atoms with Crippen LogP contribution in [0.2, 0.25) is 0 Å². The number of carbonyl (C=O) groups is 3. The molecule has 2 aromatic rings. The van der Waals surface area contributed by atoms with Gasteiger partial charge in [-0.25, -0.2) is 14.1 Å². The molecule has 8 nitrogen and oxygen atoms in total. The standard InChI is InChI=1S/C20H22FN5O3/c1-13(14-3-4-17(22-9-14)26-11-15(21)10-23-26)25-12-18(28)24(2)20(19(25)29)7-5-16(27)6-8-20/h3-4,9-11,13H,5-8,12H2,1-2H3/t13-/m0/s1. The van der Waals surface area contributed by atoms with Gasteiger partial charge in [-0.2, -0.15) is 5.10 Å². The maximum Gasteiger partial charge on any atom is 0.249 e. The second-order valence-electron chi connectivity index (χ2n) is 7.68. The van der Waals surface area contributed by atoms with E-state index in [1.165, 1.54) is 15.8 Å². The van der Waals surface area contributed by atoms with Crippen molar-refractivity contribution >= 4 is 17.6 Å². The number of amides is 2. The lowest BCUT2D eigenvalue weighted by molar-refractivity contribution is -0.168. The van der Waals surface area contributed by atoms with Crippen LogP contribution in [0, 0.1) is 5.82 Å². The predicted molar refractivity (Wildman–Crippen MR) is 100 cm³/mol. The van der Waals surface area contributed by atoms with Crippen LogP contribution in [0.5, 0.6) is 0 Å². The van der Waals surface area contributed by atoms with Crippen LogP contribution in [-0.4, -0.2) is 61.3 Å². The molecular weight excluding hydrogens is 377 g/mol. The summed E-state index contributed by atoms with van der Waals surface area (Å²) in [7, 11) is 1.65. The number of nitrogens with zero attached hydrogens (tertiary/aromatic N) is 5. The van der Waals surface area contributed by atoms with Crippen molar-refractivity contribution in [2.45, 2.75) is 44.2 Å². The number of Topliss-reactive ketones (excluding diaryl/α,β-unsaturated/α-hetero) is 1. The smallest absolute Gasteiger partial charge is 0.249 e. The van der Waals surface area contributed by atoms with Crippen LogP contribution in [0.25, 0.3) is 5.82 Å². The van der Waals surface area contributed by atoms with Crippen LogP contribution in [0.4, 0.5) is 4.39 Å². The van der Waals surface area contributed by atoms with Crippen molar-refractivity contribution < 1.29 is 18.8 Å². The summed E-state index contributed by atoms with van der Waals surface area (Å²) in [6.45, 7) is 1.83. The molecule has 0 aromatic carbocycles. The number of ketones is 1. The summed E-state index contributed by atoms with van der Waals surface area (Å²) < 4.78 is 14.5. The topological polar surface area (TPSA) is 88.4 Å².